The van der Waals surface area contributed by atoms with Gasteiger partial charge in [-0.3, -0.25) is 10.2 Å². The molecule has 2 aromatic heterocycles. The Bertz CT molecular complexity index is 1350. The summed E-state index contributed by atoms with van der Waals surface area (Å²) in [5.74, 6) is -1.26. The molecule has 0 aliphatic carbocycles. The summed E-state index contributed by atoms with van der Waals surface area (Å²) in [6.45, 7) is 6.57. The molecule has 3 rings (SSSR count). The number of halogens is 5. The van der Waals surface area contributed by atoms with Gasteiger partial charge in [-0.05, 0) is 39.3 Å². The fourth-order valence-electron chi connectivity index (χ4n) is 3.03. The quantitative estimate of drug-likeness (QED) is 0.326. The second-order valence-corrected chi connectivity index (χ2v) is 10.3. The molecule has 0 spiro atoms. The van der Waals surface area contributed by atoms with Gasteiger partial charge in [0.05, 0.1) is 13.2 Å². The number of carbonyl (C=O) groups is 1. The van der Waals surface area contributed by atoms with Crippen molar-refractivity contribution in [3.8, 4) is 11.6 Å². The lowest BCUT2D eigenvalue weighted by atomic mass is 10.1. The summed E-state index contributed by atoms with van der Waals surface area (Å²) in [5.41, 5.74) is 0.525. The van der Waals surface area contributed by atoms with Crippen LogP contribution < -0.4 is 15.1 Å². The van der Waals surface area contributed by atoms with Crippen molar-refractivity contribution < 1.29 is 33.7 Å². The van der Waals surface area contributed by atoms with Crippen LogP contribution in [0.1, 0.15) is 41.8 Å². The minimum Gasteiger partial charge on any atom is -0.497 e. The van der Waals surface area contributed by atoms with Crippen LogP contribution in [0.4, 0.5) is 19.4 Å². The highest BCUT2D eigenvalue weighted by molar-refractivity contribution is 8.45. The van der Waals surface area contributed by atoms with E-state index in [9.17, 15) is 24.2 Å². The normalized spacial score (nSPS) is 15.0. The van der Waals surface area contributed by atoms with Crippen molar-refractivity contribution in [1.82, 2.24) is 19.4 Å². The molecule has 8 nitrogen and oxygen atoms in total. The molecule has 0 aliphatic rings. The number of Topliss-reactive ketones (excluding diaryl/α,β-unsaturated/α-hetero) is 1. The molecular weight excluding hydrogens is 485 g/mol. The van der Waals surface area contributed by atoms with Crippen LogP contribution in [-0.4, -0.2) is 38.4 Å². The van der Waals surface area contributed by atoms with E-state index in [-0.39, 0.29) is 35.4 Å². The van der Waals surface area contributed by atoms with Crippen LogP contribution in [-0.2, 0) is 6.54 Å². The van der Waals surface area contributed by atoms with E-state index in [1.807, 2.05) is 13.8 Å². The average molecular weight is 510 g/mol. The SMILES string of the molecule is CC[C@H](C)Oc1nn2c(=N)n(CC(=O)c3cc(OC)cc(S(F)(F)(F)(F)F)c3)nc2c(C)c1C. The molecule has 0 aliphatic heterocycles. The zero-order valence-corrected chi connectivity index (χ0v) is 19.9. The van der Waals surface area contributed by atoms with E-state index in [0.717, 1.165) is 22.4 Å². The standard InChI is InChI=1S/C20H24F5N5O3S/c1-6-11(2)33-19-13(4)12(3)18-27-29(20(26)30(18)28-19)10-17(31)14-7-15(32-5)9-16(8-14)34(21,22,23,24)25/h7-9,11,26H,6,10H2,1-5H3/t11-/m0/s1. The first-order valence-corrected chi connectivity index (χ1v) is 12.0. The average Bonchev–Trinajstić information content (AvgIpc) is 3.05. The van der Waals surface area contributed by atoms with Gasteiger partial charge in [-0.15, -0.1) is 10.2 Å². The molecule has 0 amide bonds. The summed E-state index contributed by atoms with van der Waals surface area (Å²) in [6, 6.07) is 1.14. The Labute approximate surface area is 191 Å². The van der Waals surface area contributed by atoms with Crippen LogP contribution in [0, 0.1) is 19.3 Å². The van der Waals surface area contributed by atoms with Gasteiger partial charge in [-0.1, -0.05) is 26.4 Å². The molecule has 0 unspecified atom stereocenters. The van der Waals surface area contributed by atoms with Crippen molar-refractivity contribution in [1.29, 1.82) is 5.41 Å². The van der Waals surface area contributed by atoms with E-state index in [1.54, 1.807) is 13.8 Å². The first-order chi connectivity index (χ1) is 15.4. The monoisotopic (exact) mass is 509 g/mol. The molecular formula is C20H24F5N5O3S. The number of hydrogen-bond acceptors (Lipinski definition) is 6. The molecule has 0 fully saturated rings. The van der Waals surface area contributed by atoms with Crippen LogP contribution in [0.2, 0.25) is 0 Å². The van der Waals surface area contributed by atoms with Gasteiger partial charge < -0.3 is 9.47 Å². The number of aromatic nitrogens is 4. The van der Waals surface area contributed by atoms with Gasteiger partial charge in [0.15, 0.2) is 11.4 Å². The number of benzene rings is 1. The Kier molecular flexibility index (Phi) is 5.75. The predicted molar refractivity (Wildman–Crippen MR) is 115 cm³/mol. The van der Waals surface area contributed by atoms with Crippen molar-refractivity contribution in [3.05, 3.63) is 40.5 Å². The number of methoxy groups -OCH3 is 1. The van der Waals surface area contributed by atoms with Crippen molar-refractivity contribution in [2.45, 2.75) is 51.7 Å². The highest BCUT2D eigenvalue weighted by Crippen LogP contribution is 3.02. The number of ketones is 1. The Balaban J connectivity index is 2.05. The number of nitrogens with zero attached hydrogens (tertiary/aromatic N) is 4. The molecule has 2 heterocycles. The summed E-state index contributed by atoms with van der Waals surface area (Å²) in [5, 5.41) is 16.8. The smallest absolute Gasteiger partial charge is 0.310 e. The van der Waals surface area contributed by atoms with E-state index in [1.165, 1.54) is 0 Å². The Morgan fingerprint density at radius 2 is 1.76 bits per heavy atom. The molecule has 1 N–H and O–H groups in total. The molecule has 3 aromatic rings. The van der Waals surface area contributed by atoms with E-state index < -0.39 is 38.8 Å². The fraction of sp³-hybridized carbons (Fsp3) is 0.400. The molecule has 14 heteroatoms. The summed E-state index contributed by atoms with van der Waals surface area (Å²) in [7, 11) is -9.07. The van der Waals surface area contributed by atoms with Crippen molar-refractivity contribution in [2.75, 3.05) is 7.11 Å². The molecule has 1 atom stereocenters. The van der Waals surface area contributed by atoms with Crippen molar-refractivity contribution >= 4 is 21.7 Å². The number of rotatable bonds is 8. The molecule has 188 valence electrons. The molecule has 1 aromatic carbocycles. The lowest BCUT2D eigenvalue weighted by Crippen LogP contribution is -2.27. The van der Waals surface area contributed by atoms with Gasteiger partial charge in [-0.25, -0.2) is 4.68 Å². The van der Waals surface area contributed by atoms with Crippen LogP contribution >= 0.6 is 10.2 Å². The first-order valence-electron chi connectivity index (χ1n) is 10.1. The van der Waals surface area contributed by atoms with Crippen molar-refractivity contribution in [2.24, 2.45) is 0 Å². The molecule has 0 saturated heterocycles. The lowest BCUT2D eigenvalue weighted by molar-refractivity contribution is 0.0965. The fourth-order valence-corrected chi connectivity index (χ4v) is 3.72. The lowest BCUT2D eigenvalue weighted by Gasteiger charge is -2.40. The Morgan fingerprint density at radius 3 is 2.32 bits per heavy atom. The summed E-state index contributed by atoms with van der Waals surface area (Å²) >= 11 is 0. The molecule has 34 heavy (non-hydrogen) atoms. The van der Waals surface area contributed by atoms with Crippen LogP contribution in [0.5, 0.6) is 11.6 Å². The third kappa shape index (κ3) is 5.00. The van der Waals surface area contributed by atoms with Gasteiger partial charge in [0.25, 0.3) is 0 Å². The van der Waals surface area contributed by atoms with Gasteiger partial charge in [0.1, 0.15) is 17.2 Å². The largest absolute Gasteiger partial charge is 0.497 e. The van der Waals surface area contributed by atoms with Crippen LogP contribution in [0.25, 0.3) is 5.65 Å². The number of aryl methyl sites for hydroxylation is 1. The van der Waals surface area contributed by atoms with E-state index in [2.05, 4.69) is 14.9 Å². The maximum Gasteiger partial charge on any atom is 0.310 e. The second-order valence-electron chi connectivity index (χ2n) is 7.90. The first kappa shape index (κ1) is 25.5. The second kappa shape index (κ2) is 7.68. The molecule has 0 saturated carbocycles. The summed E-state index contributed by atoms with van der Waals surface area (Å²) in [4.78, 5) is 10.5. The number of nitrogens with one attached hydrogen (secondary N) is 1. The van der Waals surface area contributed by atoms with Gasteiger partial charge in [-0.2, -0.15) is 4.52 Å². The van der Waals surface area contributed by atoms with E-state index >= 15 is 0 Å². The Morgan fingerprint density at radius 1 is 1.12 bits per heavy atom. The van der Waals surface area contributed by atoms with Gasteiger partial charge >= 0.3 is 10.2 Å². The van der Waals surface area contributed by atoms with Gasteiger partial charge in [0.2, 0.25) is 11.5 Å². The minimum absolute atomic E-state index is 0.0815. The number of fused-ring (bicyclic) bond motifs is 1. The Hall–Kier alpha value is -3.16. The zero-order valence-electron chi connectivity index (χ0n) is 19.0. The number of carbonyl (C=O) groups excluding carboxylic acids is 1. The summed E-state index contributed by atoms with van der Waals surface area (Å²) < 4.78 is 79.2. The van der Waals surface area contributed by atoms with Crippen LogP contribution in [0.15, 0.2) is 23.1 Å². The van der Waals surface area contributed by atoms with Crippen LogP contribution in [0.3, 0.4) is 0 Å². The highest BCUT2D eigenvalue weighted by Gasteiger charge is 2.65. The summed E-state index contributed by atoms with van der Waals surface area (Å²) in [6.07, 6.45) is 0.567. The third-order valence-corrected chi connectivity index (χ3v) is 6.46. The van der Waals surface area contributed by atoms with E-state index in [4.69, 9.17) is 10.1 Å². The molecule has 0 bridgehead atoms. The highest BCUT2D eigenvalue weighted by atomic mass is 32.5. The molecule has 0 radical (unpaired) electrons. The third-order valence-electron chi connectivity index (χ3n) is 5.33. The number of hydrogen-bond donors (Lipinski definition) is 1. The minimum atomic E-state index is -10.1. The maximum atomic E-state index is 13.3. The topological polar surface area (TPSA) is 94.5 Å². The zero-order chi connectivity index (χ0) is 25.7. The van der Waals surface area contributed by atoms with Crippen molar-refractivity contribution in [3.63, 3.8) is 0 Å². The maximum absolute atomic E-state index is 13.3. The van der Waals surface area contributed by atoms with E-state index in [0.29, 0.717) is 17.5 Å². The van der Waals surface area contributed by atoms with Gasteiger partial charge in [0, 0.05) is 22.8 Å². The predicted octanol–water partition coefficient (Wildman–Crippen LogP) is 5.35. The number of ether oxygens (including phenoxy) is 2.